The monoisotopic (exact) mass is 255 g/mol. The number of nitrogens with two attached hydrogens (primary N) is 2. The maximum atomic E-state index is 11.6. The molecular weight excluding hydrogens is 238 g/mol. The second kappa shape index (κ2) is 6.72. The van der Waals surface area contributed by atoms with Crippen LogP contribution in [0.15, 0.2) is 12.4 Å². The van der Waals surface area contributed by atoms with Crippen LogP contribution in [0.4, 0.5) is 5.69 Å². The first-order valence-corrected chi connectivity index (χ1v) is 5.38. The molecule has 0 spiro atoms. The minimum absolute atomic E-state index is 0.0284. The number of rotatable bonds is 7. The summed E-state index contributed by atoms with van der Waals surface area (Å²) in [7, 11) is 1.50. The molecule has 1 heterocycles. The summed E-state index contributed by atoms with van der Waals surface area (Å²) in [5.41, 5.74) is 10.9. The van der Waals surface area contributed by atoms with E-state index in [9.17, 15) is 9.59 Å². The van der Waals surface area contributed by atoms with E-state index >= 15 is 0 Å². The van der Waals surface area contributed by atoms with Gasteiger partial charge in [0, 0.05) is 19.9 Å². The molecule has 0 aliphatic heterocycles. The predicted octanol–water partition coefficient (Wildman–Crippen LogP) is -1.33. The average Bonchev–Trinajstić information content (AvgIpc) is 2.72. The van der Waals surface area contributed by atoms with Crippen LogP contribution in [0.5, 0.6) is 0 Å². The van der Waals surface area contributed by atoms with E-state index in [0.29, 0.717) is 5.69 Å². The third kappa shape index (κ3) is 4.52. The van der Waals surface area contributed by atoms with Crippen molar-refractivity contribution < 1.29 is 14.3 Å². The van der Waals surface area contributed by atoms with Gasteiger partial charge in [0.05, 0.1) is 24.4 Å². The van der Waals surface area contributed by atoms with Crippen molar-refractivity contribution in [1.29, 1.82) is 0 Å². The molecular formula is C10H17N5O3. The van der Waals surface area contributed by atoms with Gasteiger partial charge in [0.1, 0.15) is 6.54 Å². The Morgan fingerprint density at radius 1 is 1.61 bits per heavy atom. The van der Waals surface area contributed by atoms with Gasteiger partial charge in [-0.25, -0.2) is 0 Å². The van der Waals surface area contributed by atoms with E-state index in [-0.39, 0.29) is 31.5 Å². The van der Waals surface area contributed by atoms with Gasteiger partial charge in [-0.05, 0) is 0 Å². The molecule has 0 aliphatic carbocycles. The highest BCUT2D eigenvalue weighted by Crippen LogP contribution is 2.06. The van der Waals surface area contributed by atoms with Crippen molar-refractivity contribution in [2.45, 2.75) is 19.1 Å². The first-order valence-electron chi connectivity index (χ1n) is 5.38. The van der Waals surface area contributed by atoms with E-state index < -0.39 is 5.91 Å². The molecule has 0 aromatic carbocycles. The van der Waals surface area contributed by atoms with Crippen LogP contribution in [-0.2, 0) is 20.9 Å². The minimum Gasteiger partial charge on any atom is -0.380 e. The topological polar surface area (TPSA) is 125 Å². The van der Waals surface area contributed by atoms with Crippen molar-refractivity contribution in [2.75, 3.05) is 19.0 Å². The Labute approximate surface area is 104 Å². The number of amides is 2. The Morgan fingerprint density at radius 2 is 2.33 bits per heavy atom. The highest BCUT2D eigenvalue weighted by molar-refractivity contribution is 5.90. The SMILES string of the molecule is COC(CN)CC(=O)Nc1cnn(CC(N)=O)c1. The summed E-state index contributed by atoms with van der Waals surface area (Å²) in [4.78, 5) is 22.3. The van der Waals surface area contributed by atoms with E-state index in [1.165, 1.54) is 24.2 Å². The van der Waals surface area contributed by atoms with Gasteiger partial charge in [-0.2, -0.15) is 5.10 Å². The number of hydrogen-bond donors (Lipinski definition) is 3. The van der Waals surface area contributed by atoms with E-state index in [0.717, 1.165) is 0 Å². The number of hydrogen-bond acceptors (Lipinski definition) is 5. The maximum Gasteiger partial charge on any atom is 0.239 e. The molecule has 2 amide bonds. The largest absolute Gasteiger partial charge is 0.380 e. The van der Waals surface area contributed by atoms with Crippen LogP contribution < -0.4 is 16.8 Å². The van der Waals surface area contributed by atoms with Gasteiger partial charge in [0.2, 0.25) is 11.8 Å². The van der Waals surface area contributed by atoms with E-state index in [4.69, 9.17) is 16.2 Å². The Kier molecular flexibility index (Phi) is 5.28. The zero-order valence-electron chi connectivity index (χ0n) is 10.1. The van der Waals surface area contributed by atoms with E-state index in [2.05, 4.69) is 10.4 Å². The molecule has 1 aromatic heterocycles. The van der Waals surface area contributed by atoms with Gasteiger partial charge >= 0.3 is 0 Å². The lowest BCUT2D eigenvalue weighted by Gasteiger charge is -2.11. The molecule has 0 saturated heterocycles. The number of nitrogens with zero attached hydrogens (tertiary/aromatic N) is 2. The first kappa shape index (κ1) is 14.1. The van der Waals surface area contributed by atoms with Gasteiger partial charge in [-0.3, -0.25) is 14.3 Å². The second-order valence-electron chi connectivity index (χ2n) is 3.74. The van der Waals surface area contributed by atoms with Crippen LogP contribution in [0.25, 0.3) is 0 Å². The number of carbonyl (C=O) groups is 2. The minimum atomic E-state index is -0.501. The molecule has 18 heavy (non-hydrogen) atoms. The number of nitrogens with one attached hydrogen (secondary N) is 1. The van der Waals surface area contributed by atoms with E-state index in [1.54, 1.807) is 0 Å². The Balaban J connectivity index is 2.49. The van der Waals surface area contributed by atoms with Gasteiger partial charge in [0.25, 0.3) is 0 Å². The summed E-state index contributed by atoms with van der Waals surface area (Å²) in [6, 6.07) is 0. The molecule has 0 radical (unpaired) electrons. The molecule has 0 bridgehead atoms. The Hall–Kier alpha value is -1.93. The average molecular weight is 255 g/mol. The van der Waals surface area contributed by atoms with E-state index in [1.807, 2.05) is 0 Å². The maximum absolute atomic E-state index is 11.6. The fourth-order valence-corrected chi connectivity index (χ4v) is 1.36. The molecule has 0 fully saturated rings. The van der Waals surface area contributed by atoms with Crippen molar-refractivity contribution in [3.8, 4) is 0 Å². The lowest BCUT2D eigenvalue weighted by Crippen LogP contribution is -2.28. The quantitative estimate of drug-likeness (QED) is 0.556. The molecule has 0 saturated carbocycles. The molecule has 1 atom stereocenters. The molecule has 1 aromatic rings. The summed E-state index contributed by atoms with van der Waals surface area (Å²) in [5.74, 6) is -0.732. The predicted molar refractivity (Wildman–Crippen MR) is 64.5 cm³/mol. The lowest BCUT2D eigenvalue weighted by atomic mass is 10.2. The zero-order chi connectivity index (χ0) is 13.5. The molecule has 100 valence electrons. The highest BCUT2D eigenvalue weighted by atomic mass is 16.5. The molecule has 5 N–H and O–H groups in total. The van der Waals surface area contributed by atoms with Gasteiger partial charge in [-0.15, -0.1) is 0 Å². The fourth-order valence-electron chi connectivity index (χ4n) is 1.36. The molecule has 8 heteroatoms. The molecule has 1 rings (SSSR count). The Bertz CT molecular complexity index is 413. The number of carbonyl (C=O) groups excluding carboxylic acids is 2. The number of methoxy groups -OCH3 is 1. The summed E-state index contributed by atoms with van der Waals surface area (Å²) in [6.45, 7) is 0.240. The normalized spacial score (nSPS) is 12.1. The third-order valence-electron chi connectivity index (χ3n) is 2.24. The summed E-state index contributed by atoms with van der Waals surface area (Å²) < 4.78 is 6.34. The van der Waals surface area contributed by atoms with Gasteiger partial charge < -0.3 is 21.5 Å². The lowest BCUT2D eigenvalue weighted by molar-refractivity contribution is -0.119. The van der Waals surface area contributed by atoms with Crippen LogP contribution in [0.1, 0.15) is 6.42 Å². The fraction of sp³-hybridized carbons (Fsp3) is 0.500. The number of anilines is 1. The van der Waals surface area contributed by atoms with Crippen molar-refractivity contribution in [2.24, 2.45) is 11.5 Å². The summed E-state index contributed by atoms with van der Waals surface area (Å²) >= 11 is 0. The van der Waals surface area contributed by atoms with Crippen LogP contribution in [-0.4, -0.2) is 41.4 Å². The molecule has 0 aliphatic rings. The number of primary amides is 1. The van der Waals surface area contributed by atoms with Gasteiger partial charge in [-0.1, -0.05) is 0 Å². The van der Waals surface area contributed by atoms with Crippen LogP contribution >= 0.6 is 0 Å². The molecule has 8 nitrogen and oxygen atoms in total. The van der Waals surface area contributed by atoms with Crippen LogP contribution in [0.2, 0.25) is 0 Å². The number of ether oxygens (including phenoxy) is 1. The van der Waals surface area contributed by atoms with Crippen molar-refractivity contribution in [3.05, 3.63) is 12.4 Å². The molecule has 1 unspecified atom stereocenters. The number of aromatic nitrogens is 2. The summed E-state index contributed by atoms with van der Waals surface area (Å²) in [6.07, 6.45) is 2.80. The second-order valence-corrected chi connectivity index (χ2v) is 3.74. The Morgan fingerprint density at radius 3 is 2.89 bits per heavy atom. The van der Waals surface area contributed by atoms with Crippen LogP contribution in [0, 0.1) is 0 Å². The highest BCUT2D eigenvalue weighted by Gasteiger charge is 2.12. The van der Waals surface area contributed by atoms with Crippen molar-refractivity contribution in [3.63, 3.8) is 0 Å². The third-order valence-corrected chi connectivity index (χ3v) is 2.24. The summed E-state index contributed by atoms with van der Waals surface area (Å²) in [5, 5.41) is 6.50. The standard InChI is InChI=1S/C10H17N5O3/c1-18-8(3-11)2-10(17)14-7-4-13-15(5-7)6-9(12)16/h4-5,8H,2-3,6,11H2,1H3,(H2,12,16)(H,14,17). The first-order chi connectivity index (χ1) is 8.55. The smallest absolute Gasteiger partial charge is 0.239 e. The van der Waals surface area contributed by atoms with Crippen molar-refractivity contribution >= 4 is 17.5 Å². The zero-order valence-corrected chi connectivity index (χ0v) is 10.1. The van der Waals surface area contributed by atoms with Crippen LogP contribution in [0.3, 0.4) is 0 Å². The van der Waals surface area contributed by atoms with Gasteiger partial charge in [0.15, 0.2) is 0 Å². The van der Waals surface area contributed by atoms with Crippen molar-refractivity contribution in [1.82, 2.24) is 9.78 Å².